The van der Waals surface area contributed by atoms with Crippen molar-refractivity contribution >= 4 is 5.78 Å². The largest absolute Gasteiger partial charge is 0.303 e. The van der Waals surface area contributed by atoms with Crippen molar-refractivity contribution in [3.05, 3.63) is 35.4 Å². The molecule has 2 nitrogen and oxygen atoms in total. The summed E-state index contributed by atoms with van der Waals surface area (Å²) in [7, 11) is 0. The summed E-state index contributed by atoms with van der Waals surface area (Å²) >= 11 is 0. The van der Waals surface area contributed by atoms with Crippen molar-refractivity contribution in [2.75, 3.05) is 19.6 Å². The van der Waals surface area contributed by atoms with Crippen molar-refractivity contribution in [2.45, 2.75) is 20.3 Å². The summed E-state index contributed by atoms with van der Waals surface area (Å²) < 4.78 is 25.8. The molecule has 0 N–H and O–H groups in total. The number of carbonyl (C=O) groups is 1. The number of rotatable bonds is 6. The first kappa shape index (κ1) is 13.8. The molecule has 0 radical (unpaired) electrons. The van der Waals surface area contributed by atoms with E-state index in [-0.39, 0.29) is 17.8 Å². The number of carbonyl (C=O) groups excluding carboxylic acids is 1. The molecular formula is C13H17F2NO. The van der Waals surface area contributed by atoms with Crippen LogP contribution in [0.3, 0.4) is 0 Å². The molecule has 1 aromatic carbocycles. The van der Waals surface area contributed by atoms with Crippen molar-refractivity contribution in [1.29, 1.82) is 0 Å². The third-order valence-electron chi connectivity index (χ3n) is 2.73. The van der Waals surface area contributed by atoms with E-state index >= 15 is 0 Å². The summed E-state index contributed by atoms with van der Waals surface area (Å²) in [4.78, 5) is 13.8. The summed E-state index contributed by atoms with van der Waals surface area (Å²) in [5.74, 6) is -1.65. The van der Waals surface area contributed by atoms with Crippen LogP contribution in [0.2, 0.25) is 0 Å². The number of nitrogens with zero attached hydrogens (tertiary/aromatic N) is 1. The molecule has 0 amide bonds. The fourth-order valence-electron chi connectivity index (χ4n) is 1.66. The van der Waals surface area contributed by atoms with E-state index in [0.29, 0.717) is 6.54 Å². The van der Waals surface area contributed by atoms with Crippen LogP contribution in [0.5, 0.6) is 0 Å². The Hall–Kier alpha value is -1.29. The number of ketones is 1. The lowest BCUT2D eigenvalue weighted by atomic mass is 10.1. The molecule has 94 valence electrons. The van der Waals surface area contributed by atoms with Gasteiger partial charge in [-0.1, -0.05) is 13.8 Å². The normalized spacial score (nSPS) is 10.9. The van der Waals surface area contributed by atoms with Crippen molar-refractivity contribution in [3.8, 4) is 0 Å². The zero-order valence-corrected chi connectivity index (χ0v) is 10.2. The summed E-state index contributed by atoms with van der Waals surface area (Å²) in [6.45, 7) is 6.36. The zero-order valence-electron chi connectivity index (χ0n) is 10.2. The number of benzene rings is 1. The third kappa shape index (κ3) is 4.23. The topological polar surface area (TPSA) is 20.3 Å². The Morgan fingerprint density at radius 1 is 1.12 bits per heavy atom. The SMILES string of the molecule is CCN(CC)CCC(=O)c1cc(F)cc(F)c1. The minimum atomic E-state index is -0.712. The first-order valence-corrected chi connectivity index (χ1v) is 5.78. The zero-order chi connectivity index (χ0) is 12.8. The van der Waals surface area contributed by atoms with Crippen LogP contribution in [0, 0.1) is 11.6 Å². The van der Waals surface area contributed by atoms with Crippen molar-refractivity contribution < 1.29 is 13.6 Å². The summed E-state index contributed by atoms with van der Waals surface area (Å²) in [6, 6.07) is 2.92. The van der Waals surface area contributed by atoms with E-state index in [4.69, 9.17) is 0 Å². The Morgan fingerprint density at radius 3 is 2.12 bits per heavy atom. The Morgan fingerprint density at radius 2 is 1.65 bits per heavy atom. The second-order valence-corrected chi connectivity index (χ2v) is 3.86. The van der Waals surface area contributed by atoms with E-state index in [1.165, 1.54) is 0 Å². The highest BCUT2D eigenvalue weighted by Gasteiger charge is 2.10. The molecule has 0 saturated heterocycles. The minimum absolute atomic E-state index is 0.106. The van der Waals surface area contributed by atoms with Crippen molar-refractivity contribution in [2.24, 2.45) is 0 Å². The molecule has 1 rings (SSSR count). The van der Waals surface area contributed by atoms with Crippen LogP contribution in [-0.4, -0.2) is 30.3 Å². The molecule has 0 unspecified atom stereocenters. The fraction of sp³-hybridized carbons (Fsp3) is 0.462. The number of Topliss-reactive ketones (excluding diaryl/α,β-unsaturated/α-hetero) is 1. The predicted molar refractivity (Wildman–Crippen MR) is 63.1 cm³/mol. The Kier molecular flexibility index (Phi) is 5.22. The van der Waals surface area contributed by atoms with Gasteiger partial charge in [0.1, 0.15) is 11.6 Å². The molecule has 0 heterocycles. The molecular weight excluding hydrogens is 224 g/mol. The van der Waals surface area contributed by atoms with Crippen LogP contribution < -0.4 is 0 Å². The molecule has 0 aliphatic rings. The lowest BCUT2D eigenvalue weighted by molar-refractivity contribution is 0.0965. The van der Waals surface area contributed by atoms with E-state index in [9.17, 15) is 13.6 Å². The Labute approximate surface area is 100 Å². The first-order chi connectivity index (χ1) is 8.06. The lowest BCUT2D eigenvalue weighted by Gasteiger charge is -2.17. The maximum absolute atomic E-state index is 12.9. The van der Waals surface area contributed by atoms with E-state index in [0.717, 1.165) is 31.3 Å². The molecule has 0 fully saturated rings. The summed E-state index contributed by atoms with van der Waals surface area (Å²) in [5, 5.41) is 0. The highest BCUT2D eigenvalue weighted by Crippen LogP contribution is 2.10. The smallest absolute Gasteiger partial charge is 0.164 e. The second-order valence-electron chi connectivity index (χ2n) is 3.86. The Balaban J connectivity index is 2.63. The highest BCUT2D eigenvalue weighted by molar-refractivity contribution is 5.96. The van der Waals surface area contributed by atoms with E-state index in [2.05, 4.69) is 4.90 Å². The monoisotopic (exact) mass is 241 g/mol. The number of hydrogen-bond acceptors (Lipinski definition) is 2. The lowest BCUT2D eigenvalue weighted by Crippen LogP contribution is -2.25. The van der Waals surface area contributed by atoms with Gasteiger partial charge in [0.2, 0.25) is 0 Å². The van der Waals surface area contributed by atoms with Gasteiger partial charge in [0.15, 0.2) is 5.78 Å². The van der Waals surface area contributed by atoms with Crippen LogP contribution in [0.4, 0.5) is 8.78 Å². The Bertz CT molecular complexity index is 369. The average molecular weight is 241 g/mol. The van der Waals surface area contributed by atoms with Gasteiger partial charge in [0.25, 0.3) is 0 Å². The highest BCUT2D eigenvalue weighted by atomic mass is 19.1. The van der Waals surface area contributed by atoms with Gasteiger partial charge < -0.3 is 4.90 Å². The standard InChI is InChI=1S/C13H17F2NO/c1-3-16(4-2)6-5-13(17)10-7-11(14)9-12(15)8-10/h7-9H,3-6H2,1-2H3. The molecule has 0 aromatic heterocycles. The molecule has 1 aromatic rings. The summed E-state index contributed by atoms with van der Waals surface area (Å²) in [5.41, 5.74) is 0.106. The van der Waals surface area contributed by atoms with E-state index in [1.54, 1.807) is 0 Å². The van der Waals surface area contributed by atoms with Crippen LogP contribution >= 0.6 is 0 Å². The minimum Gasteiger partial charge on any atom is -0.303 e. The van der Waals surface area contributed by atoms with Gasteiger partial charge in [0, 0.05) is 24.6 Å². The van der Waals surface area contributed by atoms with Gasteiger partial charge in [-0.3, -0.25) is 4.79 Å². The fourth-order valence-corrected chi connectivity index (χ4v) is 1.66. The van der Waals surface area contributed by atoms with Crippen LogP contribution in [0.25, 0.3) is 0 Å². The maximum atomic E-state index is 12.9. The van der Waals surface area contributed by atoms with Crippen molar-refractivity contribution in [3.63, 3.8) is 0 Å². The van der Waals surface area contributed by atoms with Gasteiger partial charge in [0.05, 0.1) is 0 Å². The van der Waals surface area contributed by atoms with Crippen molar-refractivity contribution in [1.82, 2.24) is 4.90 Å². The van der Waals surface area contributed by atoms with Gasteiger partial charge in [-0.15, -0.1) is 0 Å². The number of hydrogen-bond donors (Lipinski definition) is 0. The molecule has 0 bridgehead atoms. The van der Waals surface area contributed by atoms with Gasteiger partial charge in [-0.2, -0.15) is 0 Å². The van der Waals surface area contributed by atoms with Crippen LogP contribution in [0.15, 0.2) is 18.2 Å². The maximum Gasteiger partial charge on any atom is 0.164 e. The van der Waals surface area contributed by atoms with Gasteiger partial charge >= 0.3 is 0 Å². The summed E-state index contributed by atoms with van der Waals surface area (Å²) in [6.07, 6.45) is 0.282. The quantitative estimate of drug-likeness (QED) is 0.714. The first-order valence-electron chi connectivity index (χ1n) is 5.78. The molecule has 4 heteroatoms. The molecule has 0 aliphatic heterocycles. The second kappa shape index (κ2) is 6.45. The van der Waals surface area contributed by atoms with Crippen LogP contribution in [0.1, 0.15) is 30.6 Å². The third-order valence-corrected chi connectivity index (χ3v) is 2.73. The van der Waals surface area contributed by atoms with Gasteiger partial charge in [-0.05, 0) is 25.2 Å². The predicted octanol–water partition coefficient (Wildman–Crippen LogP) is 2.88. The molecule has 0 saturated carbocycles. The molecule has 0 aliphatic carbocycles. The van der Waals surface area contributed by atoms with E-state index in [1.807, 2.05) is 13.8 Å². The molecule has 0 spiro atoms. The average Bonchev–Trinajstić information content (AvgIpc) is 2.28. The number of halogens is 2. The van der Waals surface area contributed by atoms with Crippen LogP contribution in [-0.2, 0) is 0 Å². The molecule has 0 atom stereocenters. The van der Waals surface area contributed by atoms with Gasteiger partial charge in [-0.25, -0.2) is 8.78 Å². The van der Waals surface area contributed by atoms with E-state index < -0.39 is 11.6 Å². The molecule has 17 heavy (non-hydrogen) atoms.